The highest BCUT2D eigenvalue weighted by atomic mass is 35.5. The lowest BCUT2D eigenvalue weighted by atomic mass is 9.90. The molecule has 148 valence electrons. The summed E-state index contributed by atoms with van der Waals surface area (Å²) in [5, 5.41) is 10.0. The highest BCUT2D eigenvalue weighted by molar-refractivity contribution is 5.85. The second kappa shape index (κ2) is 8.62. The number of para-hydroxylation sites is 1. The lowest BCUT2D eigenvalue weighted by Gasteiger charge is -2.18. The number of alkyl halides is 3. The van der Waals surface area contributed by atoms with Gasteiger partial charge in [0.05, 0.1) is 12.1 Å². The number of nitrogens with zero attached hydrogens (tertiary/aromatic N) is 2. The molecule has 0 unspecified atom stereocenters. The Hall–Kier alpha value is -2.26. The molecule has 3 rings (SSSR count). The fraction of sp³-hybridized carbons (Fsp3) is 0.412. The molecule has 1 amide bonds. The lowest BCUT2D eigenvalue weighted by Crippen LogP contribution is -2.34. The first-order valence-electron chi connectivity index (χ1n) is 8.14. The van der Waals surface area contributed by atoms with Gasteiger partial charge in [-0.25, -0.2) is 0 Å². The minimum Gasteiger partial charge on any atom is -0.405 e. The number of aromatic nitrogens is 2. The van der Waals surface area contributed by atoms with Crippen LogP contribution in [0.5, 0.6) is 5.75 Å². The zero-order valence-electron chi connectivity index (χ0n) is 14.5. The first kappa shape index (κ1) is 21.0. The number of ether oxygens (including phenoxy) is 1. The van der Waals surface area contributed by atoms with Crippen LogP contribution >= 0.6 is 12.4 Å². The summed E-state index contributed by atoms with van der Waals surface area (Å²) >= 11 is 0. The van der Waals surface area contributed by atoms with E-state index in [0.717, 1.165) is 5.56 Å². The van der Waals surface area contributed by atoms with Crippen LogP contribution in [0.25, 0.3) is 0 Å². The Kier molecular flexibility index (Phi) is 6.72. The molecule has 2 heterocycles. The number of amides is 1. The SMILES string of the molecule is Cl.Cn1cc([C@H]2CNC[C@@H]2C(=O)NCc2ccccc2OC(F)(F)F)cn1. The number of carbonyl (C=O) groups excluding carboxylic acids is 1. The van der Waals surface area contributed by atoms with E-state index in [4.69, 9.17) is 0 Å². The van der Waals surface area contributed by atoms with Crippen molar-refractivity contribution in [1.29, 1.82) is 0 Å². The molecule has 10 heteroatoms. The van der Waals surface area contributed by atoms with Crippen LogP contribution in [-0.2, 0) is 18.4 Å². The molecule has 0 saturated carbocycles. The number of nitrogens with one attached hydrogen (secondary N) is 2. The average Bonchev–Trinajstić information content (AvgIpc) is 3.21. The van der Waals surface area contributed by atoms with Gasteiger partial charge in [-0.05, 0) is 11.6 Å². The van der Waals surface area contributed by atoms with Gasteiger partial charge in [-0.2, -0.15) is 5.10 Å². The van der Waals surface area contributed by atoms with E-state index in [2.05, 4.69) is 20.5 Å². The minimum absolute atomic E-state index is 0. The summed E-state index contributed by atoms with van der Waals surface area (Å²) in [6.07, 6.45) is -1.18. The molecule has 2 atom stereocenters. The molecule has 2 aromatic rings. The van der Waals surface area contributed by atoms with E-state index in [-0.39, 0.29) is 48.0 Å². The van der Waals surface area contributed by atoms with Crippen LogP contribution in [0.1, 0.15) is 17.0 Å². The first-order valence-corrected chi connectivity index (χ1v) is 8.14. The number of rotatable bonds is 5. The van der Waals surface area contributed by atoms with Gasteiger partial charge < -0.3 is 15.4 Å². The third-order valence-electron chi connectivity index (χ3n) is 4.36. The molecule has 0 spiro atoms. The van der Waals surface area contributed by atoms with Gasteiger partial charge in [-0.1, -0.05) is 18.2 Å². The second-order valence-corrected chi connectivity index (χ2v) is 6.19. The molecule has 0 bridgehead atoms. The van der Waals surface area contributed by atoms with Crippen molar-refractivity contribution in [3.05, 3.63) is 47.8 Å². The topological polar surface area (TPSA) is 68.2 Å². The Morgan fingerprint density at radius 2 is 2.11 bits per heavy atom. The Bertz CT molecular complexity index is 782. The van der Waals surface area contributed by atoms with Crippen LogP contribution in [0.2, 0.25) is 0 Å². The average molecular weight is 405 g/mol. The standard InChI is InChI=1S/C17H19F3N4O2.ClH/c1-24-10-12(7-23-24)13-8-21-9-14(13)16(25)22-6-11-4-2-3-5-15(11)26-17(18,19)20;/h2-5,7,10,13-14,21H,6,8-9H2,1H3,(H,22,25);1H/t13-,14+;/m1./s1. The van der Waals surface area contributed by atoms with Gasteiger partial charge in [0, 0.05) is 44.4 Å². The Morgan fingerprint density at radius 3 is 2.78 bits per heavy atom. The van der Waals surface area contributed by atoms with E-state index in [1.165, 1.54) is 18.2 Å². The van der Waals surface area contributed by atoms with Gasteiger partial charge in [0.1, 0.15) is 5.75 Å². The number of hydrogen-bond donors (Lipinski definition) is 2. The number of aryl methyl sites for hydroxylation is 1. The highest BCUT2D eigenvalue weighted by Gasteiger charge is 2.35. The first-order chi connectivity index (χ1) is 12.3. The number of carbonyl (C=O) groups is 1. The third-order valence-corrected chi connectivity index (χ3v) is 4.36. The number of halogens is 4. The minimum atomic E-state index is -4.78. The smallest absolute Gasteiger partial charge is 0.405 e. The van der Waals surface area contributed by atoms with Crippen LogP contribution in [0.15, 0.2) is 36.7 Å². The molecule has 1 fully saturated rings. The van der Waals surface area contributed by atoms with Gasteiger partial charge in [-0.15, -0.1) is 25.6 Å². The summed E-state index contributed by atoms with van der Waals surface area (Å²) in [5.74, 6) is -0.861. The molecule has 1 aromatic carbocycles. The van der Waals surface area contributed by atoms with Crippen molar-refractivity contribution in [2.24, 2.45) is 13.0 Å². The summed E-state index contributed by atoms with van der Waals surface area (Å²) in [7, 11) is 1.80. The molecule has 0 aliphatic carbocycles. The van der Waals surface area contributed by atoms with Gasteiger partial charge in [0.25, 0.3) is 0 Å². The second-order valence-electron chi connectivity index (χ2n) is 6.19. The van der Waals surface area contributed by atoms with Crippen LogP contribution in [0.4, 0.5) is 13.2 Å². The van der Waals surface area contributed by atoms with Gasteiger partial charge in [-0.3, -0.25) is 9.48 Å². The molecular weight excluding hydrogens is 385 g/mol. The predicted octanol–water partition coefficient (Wildman–Crippen LogP) is 2.36. The van der Waals surface area contributed by atoms with E-state index in [1.807, 2.05) is 6.20 Å². The molecule has 2 N–H and O–H groups in total. The van der Waals surface area contributed by atoms with Crippen LogP contribution in [-0.4, -0.2) is 35.1 Å². The fourth-order valence-corrected chi connectivity index (χ4v) is 3.12. The van der Waals surface area contributed by atoms with Gasteiger partial charge in [0.15, 0.2) is 0 Å². The van der Waals surface area contributed by atoms with Crippen molar-refractivity contribution in [2.75, 3.05) is 13.1 Å². The summed E-state index contributed by atoms with van der Waals surface area (Å²) in [4.78, 5) is 12.6. The molecular formula is C17H20ClF3N4O2. The molecule has 1 aliphatic rings. The van der Waals surface area contributed by atoms with Crippen molar-refractivity contribution in [3.63, 3.8) is 0 Å². The summed E-state index contributed by atoms with van der Waals surface area (Å²) < 4.78 is 43.1. The molecule has 0 radical (unpaired) electrons. The van der Waals surface area contributed by atoms with Crippen molar-refractivity contribution in [2.45, 2.75) is 18.8 Å². The predicted molar refractivity (Wildman–Crippen MR) is 94.5 cm³/mol. The summed E-state index contributed by atoms with van der Waals surface area (Å²) in [5.41, 5.74) is 1.22. The monoisotopic (exact) mass is 404 g/mol. The largest absolute Gasteiger partial charge is 0.573 e. The molecule has 1 aromatic heterocycles. The van der Waals surface area contributed by atoms with E-state index >= 15 is 0 Å². The van der Waals surface area contributed by atoms with Crippen molar-refractivity contribution in [1.82, 2.24) is 20.4 Å². The van der Waals surface area contributed by atoms with Gasteiger partial charge in [0.2, 0.25) is 5.91 Å². The quantitative estimate of drug-likeness (QED) is 0.802. The molecule has 27 heavy (non-hydrogen) atoms. The maximum absolute atomic E-state index is 12.6. The van der Waals surface area contributed by atoms with Gasteiger partial charge >= 0.3 is 6.36 Å². The van der Waals surface area contributed by atoms with E-state index in [1.54, 1.807) is 24.0 Å². The zero-order chi connectivity index (χ0) is 18.7. The zero-order valence-corrected chi connectivity index (χ0v) is 15.3. The maximum Gasteiger partial charge on any atom is 0.573 e. The molecule has 1 aliphatic heterocycles. The van der Waals surface area contributed by atoms with Crippen molar-refractivity contribution >= 4 is 18.3 Å². The fourth-order valence-electron chi connectivity index (χ4n) is 3.12. The lowest BCUT2D eigenvalue weighted by molar-refractivity contribution is -0.274. The van der Waals surface area contributed by atoms with Crippen LogP contribution < -0.4 is 15.4 Å². The Balaban J connectivity index is 0.00000261. The van der Waals surface area contributed by atoms with Crippen LogP contribution in [0, 0.1) is 5.92 Å². The van der Waals surface area contributed by atoms with Crippen molar-refractivity contribution in [3.8, 4) is 5.75 Å². The summed E-state index contributed by atoms with van der Waals surface area (Å²) in [6, 6.07) is 5.77. The third kappa shape index (κ3) is 5.36. The van der Waals surface area contributed by atoms with Crippen LogP contribution in [0.3, 0.4) is 0 Å². The maximum atomic E-state index is 12.6. The highest BCUT2D eigenvalue weighted by Crippen LogP contribution is 2.29. The number of benzene rings is 1. The Morgan fingerprint density at radius 1 is 1.37 bits per heavy atom. The van der Waals surface area contributed by atoms with Crippen molar-refractivity contribution < 1.29 is 22.7 Å². The van der Waals surface area contributed by atoms with E-state index in [0.29, 0.717) is 13.1 Å². The number of hydrogen-bond acceptors (Lipinski definition) is 4. The molecule has 6 nitrogen and oxygen atoms in total. The molecule has 1 saturated heterocycles. The van der Waals surface area contributed by atoms with E-state index in [9.17, 15) is 18.0 Å². The van der Waals surface area contributed by atoms with E-state index < -0.39 is 6.36 Å². The summed E-state index contributed by atoms with van der Waals surface area (Å²) in [6.45, 7) is 1.12. The Labute approximate surface area is 160 Å². The normalized spacial score (nSPS) is 19.4.